The molecule has 86 valence electrons. The topological polar surface area (TPSA) is 69.8 Å². The predicted octanol–water partition coefficient (Wildman–Crippen LogP) is 0.728. The van der Waals surface area contributed by atoms with Crippen LogP contribution in [0.2, 0.25) is 0 Å². The molecule has 0 amide bonds. The first-order valence-electron chi connectivity index (χ1n) is 5.92. The second-order valence-corrected chi connectivity index (χ2v) is 4.57. The van der Waals surface area contributed by atoms with Crippen molar-refractivity contribution >= 4 is 5.95 Å². The molecule has 1 fully saturated rings. The zero-order valence-electron chi connectivity index (χ0n) is 9.18. The quantitative estimate of drug-likeness (QED) is 0.687. The van der Waals surface area contributed by atoms with Crippen LogP contribution < -0.4 is 16.2 Å². The van der Waals surface area contributed by atoms with Gasteiger partial charge in [-0.05, 0) is 12.8 Å². The molecule has 0 unspecified atom stereocenters. The molecular weight excluding hydrogens is 204 g/mol. The highest BCUT2D eigenvalue weighted by atomic mass is 16.1. The lowest BCUT2D eigenvalue weighted by atomic mass is 10.2. The number of anilines is 1. The second kappa shape index (κ2) is 3.90. The fourth-order valence-electron chi connectivity index (χ4n) is 2.51. The normalized spacial score (nSPS) is 20.0. The summed E-state index contributed by atoms with van der Waals surface area (Å²) < 4.78 is 0. The minimum absolute atomic E-state index is 0.00417. The molecule has 5 nitrogen and oxygen atoms in total. The Kier molecular flexibility index (Phi) is 2.40. The van der Waals surface area contributed by atoms with Crippen molar-refractivity contribution in [2.45, 2.75) is 44.8 Å². The summed E-state index contributed by atoms with van der Waals surface area (Å²) in [4.78, 5) is 19.0. The van der Waals surface area contributed by atoms with Crippen LogP contribution in [0, 0.1) is 0 Å². The van der Waals surface area contributed by atoms with Gasteiger partial charge in [0.1, 0.15) is 0 Å². The highest BCUT2D eigenvalue weighted by molar-refractivity contribution is 5.32. The van der Waals surface area contributed by atoms with Crippen molar-refractivity contribution in [1.29, 1.82) is 0 Å². The van der Waals surface area contributed by atoms with E-state index in [4.69, 9.17) is 0 Å². The van der Waals surface area contributed by atoms with Gasteiger partial charge in [-0.25, -0.2) is 4.98 Å². The molecule has 1 aliphatic heterocycles. The van der Waals surface area contributed by atoms with Gasteiger partial charge in [0.05, 0.1) is 11.3 Å². The fourth-order valence-corrected chi connectivity index (χ4v) is 2.51. The number of nitrogens with one attached hydrogen (secondary N) is 3. The van der Waals surface area contributed by atoms with Gasteiger partial charge in [0.25, 0.3) is 5.56 Å². The van der Waals surface area contributed by atoms with E-state index < -0.39 is 0 Å². The van der Waals surface area contributed by atoms with Gasteiger partial charge in [0.15, 0.2) is 0 Å². The van der Waals surface area contributed by atoms with Crippen LogP contribution in [0.15, 0.2) is 4.79 Å². The summed E-state index contributed by atoms with van der Waals surface area (Å²) in [5.41, 5.74) is 1.68. The Morgan fingerprint density at radius 3 is 2.88 bits per heavy atom. The molecule has 0 saturated heterocycles. The van der Waals surface area contributed by atoms with E-state index in [9.17, 15) is 4.79 Å². The number of aromatic nitrogens is 2. The molecule has 1 aromatic heterocycles. The minimum atomic E-state index is -0.00417. The summed E-state index contributed by atoms with van der Waals surface area (Å²) in [5, 5.41) is 6.46. The molecule has 16 heavy (non-hydrogen) atoms. The Hall–Kier alpha value is -1.36. The number of hydrogen-bond acceptors (Lipinski definition) is 4. The summed E-state index contributed by atoms with van der Waals surface area (Å²) in [7, 11) is 0. The van der Waals surface area contributed by atoms with Crippen LogP contribution in [0.25, 0.3) is 0 Å². The van der Waals surface area contributed by atoms with Gasteiger partial charge in [-0.15, -0.1) is 0 Å². The lowest BCUT2D eigenvalue weighted by Crippen LogP contribution is -2.22. The van der Waals surface area contributed by atoms with Gasteiger partial charge in [-0.1, -0.05) is 12.8 Å². The molecule has 1 saturated carbocycles. The minimum Gasteiger partial charge on any atom is -0.353 e. The zero-order chi connectivity index (χ0) is 11.0. The third kappa shape index (κ3) is 1.71. The van der Waals surface area contributed by atoms with Gasteiger partial charge in [-0.3, -0.25) is 9.78 Å². The van der Waals surface area contributed by atoms with Crippen molar-refractivity contribution < 1.29 is 0 Å². The van der Waals surface area contributed by atoms with Crippen molar-refractivity contribution in [1.82, 2.24) is 15.3 Å². The molecule has 0 spiro atoms. The largest absolute Gasteiger partial charge is 0.353 e. The van der Waals surface area contributed by atoms with E-state index >= 15 is 0 Å². The average Bonchev–Trinajstić information content (AvgIpc) is 2.87. The van der Waals surface area contributed by atoms with Crippen molar-refractivity contribution in [3.05, 3.63) is 21.6 Å². The standard InChI is InChI=1S/C11H16N4O/c16-10-8-5-12-6-9(8)14-11(15-10)13-7-3-1-2-4-7/h7,12H,1-6H2,(H2,13,14,15,16). The maximum Gasteiger partial charge on any atom is 0.257 e. The van der Waals surface area contributed by atoms with Crippen LogP contribution >= 0.6 is 0 Å². The van der Waals surface area contributed by atoms with Crippen LogP contribution in [0.1, 0.15) is 36.9 Å². The molecule has 3 rings (SSSR count). The van der Waals surface area contributed by atoms with E-state index in [-0.39, 0.29) is 5.56 Å². The van der Waals surface area contributed by atoms with Crippen molar-refractivity contribution in [3.8, 4) is 0 Å². The van der Waals surface area contributed by atoms with Gasteiger partial charge < -0.3 is 10.6 Å². The molecular formula is C11H16N4O. The van der Waals surface area contributed by atoms with E-state index in [0.717, 1.165) is 11.3 Å². The van der Waals surface area contributed by atoms with Gasteiger partial charge in [0, 0.05) is 19.1 Å². The summed E-state index contributed by atoms with van der Waals surface area (Å²) in [6.07, 6.45) is 4.90. The average molecular weight is 220 g/mol. The monoisotopic (exact) mass is 220 g/mol. The zero-order valence-corrected chi connectivity index (χ0v) is 9.18. The first-order chi connectivity index (χ1) is 7.83. The Balaban J connectivity index is 1.85. The summed E-state index contributed by atoms with van der Waals surface area (Å²) in [6, 6.07) is 0.482. The molecule has 0 bridgehead atoms. The van der Waals surface area contributed by atoms with Gasteiger partial charge in [0.2, 0.25) is 5.95 Å². The number of H-pyrrole nitrogens is 1. The second-order valence-electron chi connectivity index (χ2n) is 4.57. The summed E-state index contributed by atoms with van der Waals surface area (Å²) >= 11 is 0. The van der Waals surface area contributed by atoms with Crippen LogP contribution in [0.4, 0.5) is 5.95 Å². The third-order valence-corrected chi connectivity index (χ3v) is 3.39. The number of fused-ring (bicyclic) bond motifs is 1. The molecule has 1 aromatic rings. The first-order valence-corrected chi connectivity index (χ1v) is 5.92. The van der Waals surface area contributed by atoms with E-state index in [1.807, 2.05) is 0 Å². The number of rotatable bonds is 2. The van der Waals surface area contributed by atoms with Crippen LogP contribution in [-0.2, 0) is 13.1 Å². The number of aromatic amines is 1. The first kappa shape index (κ1) is 9.84. The van der Waals surface area contributed by atoms with E-state index in [0.29, 0.717) is 25.1 Å². The van der Waals surface area contributed by atoms with Crippen LogP contribution in [0.3, 0.4) is 0 Å². The molecule has 1 aliphatic carbocycles. The number of hydrogen-bond donors (Lipinski definition) is 3. The van der Waals surface area contributed by atoms with Crippen molar-refractivity contribution in [3.63, 3.8) is 0 Å². The van der Waals surface area contributed by atoms with Crippen molar-refractivity contribution in [2.24, 2.45) is 0 Å². The molecule has 0 atom stereocenters. The number of nitrogens with zero attached hydrogens (tertiary/aromatic N) is 1. The van der Waals surface area contributed by atoms with Crippen LogP contribution in [-0.4, -0.2) is 16.0 Å². The third-order valence-electron chi connectivity index (χ3n) is 3.39. The Morgan fingerprint density at radius 1 is 1.25 bits per heavy atom. The Labute approximate surface area is 93.7 Å². The highest BCUT2D eigenvalue weighted by Crippen LogP contribution is 2.20. The summed E-state index contributed by atoms with van der Waals surface area (Å²) in [6.45, 7) is 1.35. The maximum atomic E-state index is 11.7. The lowest BCUT2D eigenvalue weighted by Gasteiger charge is -2.12. The molecule has 0 radical (unpaired) electrons. The molecule has 5 heteroatoms. The Morgan fingerprint density at radius 2 is 2.06 bits per heavy atom. The molecule has 0 aromatic carbocycles. The van der Waals surface area contributed by atoms with E-state index in [2.05, 4.69) is 20.6 Å². The van der Waals surface area contributed by atoms with Crippen LogP contribution in [0.5, 0.6) is 0 Å². The lowest BCUT2D eigenvalue weighted by molar-refractivity contribution is 0.738. The van der Waals surface area contributed by atoms with Crippen molar-refractivity contribution in [2.75, 3.05) is 5.32 Å². The molecule has 2 aliphatic rings. The predicted molar refractivity (Wildman–Crippen MR) is 61.3 cm³/mol. The Bertz CT molecular complexity index is 448. The van der Waals surface area contributed by atoms with E-state index in [1.54, 1.807) is 0 Å². The van der Waals surface area contributed by atoms with Gasteiger partial charge in [-0.2, -0.15) is 0 Å². The molecule has 3 N–H and O–H groups in total. The maximum absolute atomic E-state index is 11.7. The highest BCUT2D eigenvalue weighted by Gasteiger charge is 2.19. The van der Waals surface area contributed by atoms with Gasteiger partial charge >= 0.3 is 0 Å². The molecule has 2 heterocycles. The summed E-state index contributed by atoms with van der Waals surface area (Å²) in [5.74, 6) is 0.638. The smallest absolute Gasteiger partial charge is 0.257 e. The fraction of sp³-hybridized carbons (Fsp3) is 0.636. The van der Waals surface area contributed by atoms with E-state index in [1.165, 1.54) is 25.7 Å². The SMILES string of the molecule is O=c1[nH]c(NC2CCCC2)nc2c1CNC2.